The minimum atomic E-state index is -5.62. The van der Waals surface area contributed by atoms with Crippen LogP contribution in [0.1, 0.15) is 116 Å². The van der Waals surface area contributed by atoms with Crippen LogP contribution in [0.2, 0.25) is 5.02 Å². The van der Waals surface area contributed by atoms with Gasteiger partial charge in [0.2, 0.25) is 27.7 Å². The molecular weight excluding hydrogens is 1380 g/mol. The highest BCUT2D eigenvalue weighted by Gasteiger charge is 2.68. The van der Waals surface area contributed by atoms with Crippen molar-refractivity contribution in [2.75, 3.05) is 16.8 Å². The fourth-order valence-corrected chi connectivity index (χ4v) is 14.0. The van der Waals surface area contributed by atoms with E-state index in [4.69, 9.17) is 16.1 Å². The molecule has 6 aromatic rings. The van der Waals surface area contributed by atoms with Gasteiger partial charge in [-0.1, -0.05) is 43.5 Å². The first-order valence-electron chi connectivity index (χ1n) is 28.5. The number of anilines is 1. The number of hydrogen-bond donors (Lipinski definition) is 5. The van der Waals surface area contributed by atoms with E-state index in [1.807, 2.05) is 0 Å². The number of fused-ring (bicyclic) bond motifs is 4. The lowest BCUT2D eigenvalue weighted by Crippen LogP contribution is -2.48. The number of halogens is 11. The SMILES string of the molecule is Cc1cc(CC(=O)N2[C@H](C(=O)O)CC[C@H]2C(=O)O)c(C(C)(C)CC(=O)N(c2nn(CC(F)(F)F)c3c(-c4ccc(C#CC(C)(C)S(C)(=O)=O)nc4[C@H](Cc4cc(F)cc(F)c4)NC(=O)Cn4nc(C(F)(F)F)c5c4C(F)(F)[C@@H]4C[C@H]54)ccc(Cl)c23)S(C)(=O)=O)c(OP(=O)(O)O)c1. The molecule has 1 aliphatic heterocycles. The zero-order valence-corrected chi connectivity index (χ0v) is 54.4. The average molecular weight is 1440 g/mol. The zero-order chi connectivity index (χ0) is 71.4. The second kappa shape index (κ2) is 25.0. The predicted molar refractivity (Wildman–Crippen MR) is 319 cm³/mol. The van der Waals surface area contributed by atoms with Crippen LogP contribution in [0.3, 0.4) is 0 Å². The summed E-state index contributed by atoms with van der Waals surface area (Å²) in [7, 11) is -14.9. The zero-order valence-electron chi connectivity index (χ0n) is 51.1. The number of aliphatic carboxylic acids is 2. The van der Waals surface area contributed by atoms with E-state index in [1.54, 1.807) is 0 Å². The third-order valence-corrected chi connectivity index (χ3v) is 20.2. The van der Waals surface area contributed by atoms with E-state index in [1.165, 1.54) is 40.7 Å². The number of rotatable bonds is 20. The van der Waals surface area contributed by atoms with Crippen molar-refractivity contribution < 1.29 is 114 Å². The number of carboxylic acid groups (broad SMARTS) is 2. The van der Waals surface area contributed by atoms with Gasteiger partial charge in [-0.2, -0.15) is 49.6 Å². The molecule has 3 aromatic carbocycles. The predicted octanol–water partition coefficient (Wildman–Crippen LogP) is 8.80. The molecule has 1 saturated heterocycles. The number of carbonyl (C=O) groups is 5. The fourth-order valence-electron chi connectivity index (χ4n) is 12.2. The molecule has 96 heavy (non-hydrogen) atoms. The number of nitrogens with zero attached hydrogens (tertiary/aromatic N) is 7. The fraction of sp³-hybridized carbons (Fsp3) is 0.424. The van der Waals surface area contributed by atoms with Gasteiger partial charge in [-0.05, 0) is 111 Å². The highest BCUT2D eigenvalue weighted by atomic mass is 35.5. The molecule has 0 bridgehead atoms. The first-order chi connectivity index (χ1) is 44.0. The third-order valence-electron chi connectivity index (χ3n) is 16.5. The molecule has 0 spiro atoms. The highest BCUT2D eigenvalue weighted by molar-refractivity contribution is 7.93. The van der Waals surface area contributed by atoms with E-state index >= 15 is 35.5 Å². The maximum Gasteiger partial charge on any atom is 0.524 e. The van der Waals surface area contributed by atoms with Gasteiger partial charge in [0.15, 0.2) is 21.3 Å². The summed E-state index contributed by atoms with van der Waals surface area (Å²) in [6, 6.07) is 3.05. The molecule has 3 aliphatic rings. The Bertz CT molecular complexity index is 4580. The number of carbonyl (C=O) groups excluding carboxylic acids is 3. The molecule has 5 N–H and O–H groups in total. The lowest BCUT2D eigenvalue weighted by Gasteiger charge is -2.32. The summed E-state index contributed by atoms with van der Waals surface area (Å²) in [6.45, 7) is 2.53. The Morgan fingerprint density at radius 2 is 1.48 bits per heavy atom. The van der Waals surface area contributed by atoms with Gasteiger partial charge in [-0.15, -0.1) is 0 Å². The Kier molecular flexibility index (Phi) is 18.8. The van der Waals surface area contributed by atoms with Gasteiger partial charge in [0.25, 0.3) is 5.92 Å². The second-order valence-electron chi connectivity index (χ2n) is 24.6. The molecule has 516 valence electrons. The van der Waals surface area contributed by atoms with Crippen LogP contribution in [0.5, 0.6) is 5.75 Å². The number of amides is 3. The Morgan fingerprint density at radius 3 is 2.03 bits per heavy atom. The van der Waals surface area contributed by atoms with E-state index in [9.17, 15) is 73.7 Å². The maximum atomic E-state index is 15.8. The summed E-state index contributed by atoms with van der Waals surface area (Å²) < 4.78 is 221. The number of phosphoric ester groups is 1. The third kappa shape index (κ3) is 14.7. The molecule has 0 unspecified atom stereocenters. The summed E-state index contributed by atoms with van der Waals surface area (Å²) in [4.78, 5) is 93.7. The number of phosphoric acid groups is 1. The summed E-state index contributed by atoms with van der Waals surface area (Å²) >= 11 is 6.84. The number of pyridine rings is 1. The van der Waals surface area contributed by atoms with Crippen LogP contribution in [0.25, 0.3) is 22.0 Å². The quantitative estimate of drug-likeness (QED) is 0.0271. The van der Waals surface area contributed by atoms with Crippen molar-refractivity contribution in [3.05, 3.63) is 122 Å². The average Bonchev–Trinajstić information content (AvgIpc) is 1.52. The van der Waals surface area contributed by atoms with Gasteiger partial charge in [0.1, 0.15) is 58.7 Å². The number of aryl methyl sites for hydroxylation is 1. The van der Waals surface area contributed by atoms with Crippen molar-refractivity contribution in [3.8, 4) is 28.7 Å². The molecule has 3 amide bonds. The first-order valence-corrected chi connectivity index (χ1v) is 34.1. The van der Waals surface area contributed by atoms with E-state index in [0.29, 0.717) is 17.2 Å². The van der Waals surface area contributed by atoms with Gasteiger partial charge < -0.3 is 25.0 Å². The van der Waals surface area contributed by atoms with Crippen molar-refractivity contribution >= 4 is 85.7 Å². The molecular formula is C59H56ClF10N8O15PS2. The van der Waals surface area contributed by atoms with Crippen molar-refractivity contribution in [1.82, 2.24) is 34.8 Å². The van der Waals surface area contributed by atoms with Crippen molar-refractivity contribution in [2.24, 2.45) is 5.92 Å². The minimum Gasteiger partial charge on any atom is -0.480 e. The summed E-state index contributed by atoms with van der Waals surface area (Å²) in [6.07, 6.45) is -13.3. The number of benzene rings is 3. The monoisotopic (exact) mass is 1440 g/mol. The number of sulfonamides is 1. The van der Waals surface area contributed by atoms with Crippen LogP contribution in [0, 0.1) is 36.3 Å². The van der Waals surface area contributed by atoms with Crippen LogP contribution in [-0.2, 0) is 91.8 Å². The van der Waals surface area contributed by atoms with Gasteiger partial charge >= 0.3 is 32.1 Å². The van der Waals surface area contributed by atoms with Gasteiger partial charge in [-0.3, -0.25) is 33.5 Å². The molecule has 4 heterocycles. The number of carboxylic acids is 2. The summed E-state index contributed by atoms with van der Waals surface area (Å²) in [5.41, 5.74) is -9.48. The molecule has 2 aliphatic carbocycles. The van der Waals surface area contributed by atoms with Crippen molar-refractivity contribution in [1.29, 1.82) is 0 Å². The maximum absolute atomic E-state index is 15.8. The van der Waals surface area contributed by atoms with Crippen LogP contribution in [-0.4, -0.2) is 131 Å². The van der Waals surface area contributed by atoms with Crippen LogP contribution < -0.4 is 14.1 Å². The smallest absolute Gasteiger partial charge is 0.480 e. The Balaban J connectivity index is 1.23. The lowest BCUT2D eigenvalue weighted by molar-refractivity contribution is -0.155. The number of aromatic nitrogens is 5. The second-order valence-corrected chi connectivity index (χ2v) is 30.6. The standard InChI is InChI=1S/C59H56ClF10N8O15PS2/c1-27-16-29(21-43(80)77-39(53(82)83)12-13-40(77)54(84)85)47(41(17-27)93-94(86,87)88)55(2,3)24-44(81)78(96(7,91)92)52-46-37(60)11-10-34(49(46)76(74-52)26-57(63,64)65)33-9-8-32(14-15-56(4,5)95(6,89)90)71-48(33)38(20-28-18-30(61)22-31(62)19-28)72-42(79)25-75-51-45(50(73-75)59(68,69)70)35-23-36(35)58(51,66)67/h8-11,16-19,22,35-36,38-40H,12-13,20-21,23-26H2,1-7H3,(H,72,79)(H,82,83)(H,84,85)(H2,86,87,88)/t35-,36+,38-,39-,40-/m0/s1. The Morgan fingerprint density at radius 1 is 0.875 bits per heavy atom. The molecule has 2 fully saturated rings. The summed E-state index contributed by atoms with van der Waals surface area (Å²) in [5.74, 6) is -13.4. The number of likely N-dealkylation sites (tertiary alicyclic amines) is 1. The molecule has 0 radical (unpaired) electrons. The molecule has 37 heteroatoms. The molecule has 23 nitrogen and oxygen atoms in total. The van der Waals surface area contributed by atoms with Gasteiger partial charge in [0.05, 0.1) is 40.3 Å². The lowest BCUT2D eigenvalue weighted by atomic mass is 9.77. The van der Waals surface area contributed by atoms with Gasteiger partial charge in [-0.25, -0.2) is 44.8 Å². The molecule has 1 saturated carbocycles. The number of sulfone groups is 1. The van der Waals surface area contributed by atoms with E-state index in [0.717, 1.165) is 48.7 Å². The normalized spacial score (nSPS) is 18.3. The van der Waals surface area contributed by atoms with Crippen molar-refractivity contribution in [2.45, 2.75) is 139 Å². The number of hydrogen-bond acceptors (Lipinski definition) is 14. The minimum absolute atomic E-state index is 0.0760. The van der Waals surface area contributed by atoms with Crippen LogP contribution in [0.15, 0.2) is 54.6 Å². The largest absolute Gasteiger partial charge is 0.524 e. The Labute approximate surface area is 543 Å². The first kappa shape index (κ1) is 72.1. The molecule has 9 rings (SSSR count). The van der Waals surface area contributed by atoms with E-state index < -0.39 is 232 Å². The topological polar surface area (TPSA) is 328 Å². The van der Waals surface area contributed by atoms with E-state index in [-0.39, 0.29) is 49.6 Å². The van der Waals surface area contributed by atoms with E-state index in [2.05, 4.69) is 32.3 Å². The molecule has 3 aromatic heterocycles. The van der Waals surface area contributed by atoms with Crippen LogP contribution >= 0.6 is 19.4 Å². The van der Waals surface area contributed by atoms with Crippen LogP contribution in [0.4, 0.5) is 49.7 Å². The highest BCUT2D eigenvalue weighted by Crippen LogP contribution is 2.68. The Hall–Kier alpha value is -8.16. The number of alkyl halides is 8. The summed E-state index contributed by atoms with van der Waals surface area (Å²) in [5, 5.41) is 28.3. The van der Waals surface area contributed by atoms with Gasteiger partial charge in [0, 0.05) is 52.3 Å². The number of nitrogens with one attached hydrogen (secondary N) is 1. The molecule has 5 atom stereocenters. The van der Waals surface area contributed by atoms with Crippen molar-refractivity contribution in [3.63, 3.8) is 0 Å².